The number of hydrogen-bond acceptors (Lipinski definition) is 8. The van der Waals surface area contributed by atoms with Gasteiger partial charge in [-0.05, 0) is 29.8 Å². The van der Waals surface area contributed by atoms with Crippen LogP contribution in [-0.2, 0) is 25.7 Å². The molecule has 9 nitrogen and oxygen atoms in total. The molecule has 2 heterocycles. The Bertz CT molecular complexity index is 1070. The molecule has 0 saturated carbocycles. The zero-order chi connectivity index (χ0) is 23.4. The Morgan fingerprint density at radius 1 is 1.12 bits per heavy atom. The lowest BCUT2D eigenvalue weighted by Gasteiger charge is -2.48. The van der Waals surface area contributed by atoms with E-state index in [1.165, 1.54) is 16.7 Å². The summed E-state index contributed by atoms with van der Waals surface area (Å²) in [7, 11) is 1.55. The predicted octanol–water partition coefficient (Wildman–Crippen LogP) is 1.99. The standard InChI is InChI=1S/C23H22N2O7S/c1-30-15-9-7-14(8-10-15)11-32-23(29)20-17(26)13-33-22-19(21(28)25(20)22)24-18(27)12-31-16-5-3-2-4-6-16/h2-10,19,22,26H,11-13H2,1H3,(H,24,27)/t19?,22-/m0/s1. The Balaban J connectivity index is 1.34. The summed E-state index contributed by atoms with van der Waals surface area (Å²) in [6, 6.07) is 15.0. The molecule has 172 valence electrons. The summed E-state index contributed by atoms with van der Waals surface area (Å²) < 4.78 is 15.8. The van der Waals surface area contributed by atoms with Crippen molar-refractivity contribution >= 4 is 29.5 Å². The van der Waals surface area contributed by atoms with Crippen LogP contribution in [0, 0.1) is 0 Å². The quantitative estimate of drug-likeness (QED) is 0.445. The molecule has 2 atom stereocenters. The van der Waals surface area contributed by atoms with Gasteiger partial charge in [0.1, 0.15) is 35.3 Å². The number of methoxy groups -OCH3 is 1. The fourth-order valence-electron chi connectivity index (χ4n) is 3.41. The number of ether oxygens (including phenoxy) is 3. The molecule has 1 saturated heterocycles. The number of hydrogen-bond donors (Lipinski definition) is 2. The van der Waals surface area contributed by atoms with Gasteiger partial charge in [0, 0.05) is 0 Å². The smallest absolute Gasteiger partial charge is 0.358 e. The Morgan fingerprint density at radius 2 is 1.85 bits per heavy atom. The van der Waals surface area contributed by atoms with E-state index in [4.69, 9.17) is 14.2 Å². The van der Waals surface area contributed by atoms with Crippen LogP contribution >= 0.6 is 11.8 Å². The van der Waals surface area contributed by atoms with Crippen LogP contribution in [-0.4, -0.2) is 58.7 Å². The number of benzene rings is 2. The summed E-state index contributed by atoms with van der Waals surface area (Å²) in [5.74, 6) is -0.667. The molecule has 0 radical (unpaired) electrons. The Labute approximate surface area is 194 Å². The van der Waals surface area contributed by atoms with Crippen molar-refractivity contribution in [3.63, 3.8) is 0 Å². The van der Waals surface area contributed by atoms with E-state index >= 15 is 0 Å². The fraction of sp³-hybridized carbons (Fsp3) is 0.261. The van der Waals surface area contributed by atoms with Crippen molar-refractivity contribution in [2.75, 3.05) is 19.5 Å². The van der Waals surface area contributed by atoms with Gasteiger partial charge in [-0.15, -0.1) is 11.8 Å². The van der Waals surface area contributed by atoms with Gasteiger partial charge in [-0.25, -0.2) is 4.79 Å². The van der Waals surface area contributed by atoms with Crippen LogP contribution in [0.5, 0.6) is 11.5 Å². The normalized spacial score (nSPS) is 19.3. The van der Waals surface area contributed by atoms with Crippen molar-refractivity contribution < 1.29 is 33.7 Å². The van der Waals surface area contributed by atoms with E-state index in [0.717, 1.165) is 5.56 Å². The van der Waals surface area contributed by atoms with Crippen molar-refractivity contribution in [3.8, 4) is 11.5 Å². The molecular weight excluding hydrogens is 448 g/mol. The highest BCUT2D eigenvalue weighted by Gasteiger charge is 2.54. The number of nitrogens with one attached hydrogen (secondary N) is 1. The first-order valence-corrected chi connectivity index (χ1v) is 11.2. The maximum absolute atomic E-state index is 12.7. The largest absolute Gasteiger partial charge is 0.509 e. The lowest BCUT2D eigenvalue weighted by Crippen LogP contribution is -2.70. The third kappa shape index (κ3) is 4.90. The van der Waals surface area contributed by atoms with Crippen LogP contribution in [0.2, 0.25) is 0 Å². The molecule has 0 bridgehead atoms. The van der Waals surface area contributed by atoms with E-state index in [-0.39, 0.29) is 30.4 Å². The first-order chi connectivity index (χ1) is 16.0. The number of nitrogens with zero attached hydrogens (tertiary/aromatic N) is 1. The Hall–Kier alpha value is -3.66. The van der Waals surface area contributed by atoms with Gasteiger partial charge < -0.3 is 24.6 Å². The maximum atomic E-state index is 12.7. The molecular formula is C23H22N2O7S. The lowest BCUT2D eigenvalue weighted by atomic mass is 10.0. The molecule has 1 fully saturated rings. The van der Waals surface area contributed by atoms with Crippen molar-refractivity contribution in [1.82, 2.24) is 10.2 Å². The maximum Gasteiger partial charge on any atom is 0.358 e. The molecule has 2 aromatic rings. The number of carbonyl (C=O) groups excluding carboxylic acids is 3. The number of rotatable bonds is 8. The van der Waals surface area contributed by atoms with E-state index < -0.39 is 29.2 Å². The first-order valence-electron chi connectivity index (χ1n) is 10.1. The summed E-state index contributed by atoms with van der Waals surface area (Å²) in [6.07, 6.45) is 0. The predicted molar refractivity (Wildman–Crippen MR) is 119 cm³/mol. The third-order valence-electron chi connectivity index (χ3n) is 5.10. The molecule has 2 amide bonds. The van der Waals surface area contributed by atoms with Crippen LogP contribution < -0.4 is 14.8 Å². The summed E-state index contributed by atoms with van der Waals surface area (Å²) in [5.41, 5.74) is 0.535. The van der Waals surface area contributed by atoms with Crippen LogP contribution in [0.25, 0.3) is 0 Å². The zero-order valence-electron chi connectivity index (χ0n) is 17.7. The highest BCUT2D eigenvalue weighted by Crippen LogP contribution is 2.40. The van der Waals surface area contributed by atoms with Crippen molar-refractivity contribution in [1.29, 1.82) is 0 Å². The third-order valence-corrected chi connectivity index (χ3v) is 6.36. The van der Waals surface area contributed by atoms with E-state index in [0.29, 0.717) is 11.5 Å². The molecule has 10 heteroatoms. The molecule has 0 spiro atoms. The molecule has 1 unspecified atom stereocenters. The average Bonchev–Trinajstić information content (AvgIpc) is 2.85. The minimum Gasteiger partial charge on any atom is -0.509 e. The van der Waals surface area contributed by atoms with Crippen LogP contribution in [0.3, 0.4) is 0 Å². The number of β-lactam (4-membered cyclic amide) rings is 1. The summed E-state index contributed by atoms with van der Waals surface area (Å²) in [5, 5.41) is 12.4. The minimum atomic E-state index is -0.820. The van der Waals surface area contributed by atoms with Gasteiger partial charge in [0.25, 0.3) is 11.8 Å². The highest BCUT2D eigenvalue weighted by atomic mass is 32.2. The van der Waals surface area contributed by atoms with Gasteiger partial charge in [0.2, 0.25) is 0 Å². The number of thioether (sulfide) groups is 1. The Morgan fingerprint density at radius 3 is 2.55 bits per heavy atom. The van der Waals surface area contributed by atoms with Crippen molar-refractivity contribution in [3.05, 3.63) is 71.6 Å². The highest BCUT2D eigenvalue weighted by molar-refractivity contribution is 8.00. The number of fused-ring (bicyclic) bond motifs is 1. The van der Waals surface area contributed by atoms with E-state index in [9.17, 15) is 19.5 Å². The lowest BCUT2D eigenvalue weighted by molar-refractivity contribution is -0.154. The van der Waals surface area contributed by atoms with E-state index in [1.807, 2.05) is 6.07 Å². The van der Waals surface area contributed by atoms with Gasteiger partial charge in [-0.1, -0.05) is 30.3 Å². The van der Waals surface area contributed by atoms with E-state index in [1.54, 1.807) is 55.6 Å². The molecule has 0 aliphatic carbocycles. The van der Waals surface area contributed by atoms with Gasteiger partial charge in [-0.3, -0.25) is 14.5 Å². The van der Waals surface area contributed by atoms with Gasteiger partial charge in [-0.2, -0.15) is 0 Å². The zero-order valence-corrected chi connectivity index (χ0v) is 18.5. The SMILES string of the molecule is COc1ccc(COC(=O)C2=C(O)CS[C@H]3C(NC(=O)COc4ccccc4)C(=O)N23)cc1. The second-order valence-electron chi connectivity index (χ2n) is 7.28. The molecule has 2 N–H and O–H groups in total. The van der Waals surface area contributed by atoms with Crippen molar-refractivity contribution in [2.45, 2.75) is 18.0 Å². The number of esters is 1. The van der Waals surface area contributed by atoms with Gasteiger partial charge in [0.15, 0.2) is 12.3 Å². The van der Waals surface area contributed by atoms with Crippen LogP contribution in [0.1, 0.15) is 5.56 Å². The van der Waals surface area contributed by atoms with Crippen molar-refractivity contribution in [2.24, 2.45) is 0 Å². The minimum absolute atomic E-state index is 0.0313. The van der Waals surface area contributed by atoms with E-state index in [2.05, 4.69) is 5.32 Å². The summed E-state index contributed by atoms with van der Waals surface area (Å²) in [4.78, 5) is 38.8. The molecule has 33 heavy (non-hydrogen) atoms. The number of carbonyl (C=O) groups is 3. The molecule has 2 aromatic carbocycles. The van der Waals surface area contributed by atoms with Crippen LogP contribution in [0.4, 0.5) is 0 Å². The number of amides is 2. The second-order valence-corrected chi connectivity index (χ2v) is 8.38. The molecule has 2 aliphatic heterocycles. The fourth-order valence-corrected chi connectivity index (χ4v) is 4.61. The monoisotopic (exact) mass is 470 g/mol. The number of aliphatic hydroxyl groups is 1. The number of aliphatic hydroxyl groups excluding tert-OH is 1. The summed E-state index contributed by atoms with van der Waals surface area (Å²) >= 11 is 1.25. The second kappa shape index (κ2) is 9.86. The molecule has 4 rings (SSSR count). The topological polar surface area (TPSA) is 114 Å². The first kappa shape index (κ1) is 22.5. The van der Waals surface area contributed by atoms with Gasteiger partial charge in [0.05, 0.1) is 12.9 Å². The molecule has 2 aliphatic rings. The van der Waals surface area contributed by atoms with Gasteiger partial charge >= 0.3 is 5.97 Å². The molecule has 0 aromatic heterocycles. The number of para-hydroxylation sites is 1. The summed E-state index contributed by atoms with van der Waals surface area (Å²) in [6.45, 7) is -0.278. The van der Waals surface area contributed by atoms with Crippen LogP contribution in [0.15, 0.2) is 66.1 Å². The average molecular weight is 471 g/mol. The Kier molecular flexibility index (Phi) is 6.74.